The molecule has 0 fully saturated rings. The van der Waals surface area contributed by atoms with Crippen molar-refractivity contribution < 1.29 is 0 Å². The Kier molecular flexibility index (Phi) is 1.47. The van der Waals surface area contributed by atoms with E-state index >= 15 is 0 Å². The topological polar surface area (TPSA) is 54.5 Å². The number of halogens is 1. The van der Waals surface area contributed by atoms with Gasteiger partial charge in [-0.1, -0.05) is 0 Å². The second-order valence-corrected chi connectivity index (χ2v) is 2.31. The van der Waals surface area contributed by atoms with E-state index in [2.05, 4.69) is 19.9 Å². The lowest BCUT2D eigenvalue weighted by Crippen LogP contribution is -1.77. The molecule has 56 valence electrons. The Morgan fingerprint density at radius 2 is 2.18 bits per heavy atom. The minimum Gasteiger partial charge on any atom is -0.324 e. The van der Waals surface area contributed by atoms with Crippen molar-refractivity contribution in [3.63, 3.8) is 0 Å². The van der Waals surface area contributed by atoms with Crippen molar-refractivity contribution in [2.24, 2.45) is 0 Å². The molecule has 2 aromatic rings. The number of fused-ring (bicyclic) bond motifs is 1. The van der Waals surface area contributed by atoms with E-state index in [0.717, 1.165) is 0 Å². The van der Waals surface area contributed by atoms with Crippen LogP contribution in [0.2, 0.25) is 0 Å². The van der Waals surface area contributed by atoms with Crippen molar-refractivity contribution in [3.8, 4) is 0 Å². The first kappa shape index (κ1) is 6.54. The number of hydrogen-bond donors (Lipinski definition) is 1. The van der Waals surface area contributed by atoms with Crippen LogP contribution in [0.5, 0.6) is 0 Å². The lowest BCUT2D eigenvalue weighted by molar-refractivity contribution is 1.12. The molecule has 0 saturated carbocycles. The summed E-state index contributed by atoms with van der Waals surface area (Å²) in [6, 6.07) is 0. The number of aromatic amines is 1. The van der Waals surface area contributed by atoms with Crippen molar-refractivity contribution in [1.82, 2.24) is 19.9 Å². The summed E-state index contributed by atoms with van der Waals surface area (Å²) < 4.78 is 0. The van der Waals surface area contributed by atoms with Crippen LogP contribution >= 0.6 is 11.6 Å². The Bertz CT molecular complexity index is 336. The van der Waals surface area contributed by atoms with E-state index in [0.29, 0.717) is 23.0 Å². The maximum Gasteiger partial charge on any atom is 0.197 e. The maximum atomic E-state index is 5.55. The van der Waals surface area contributed by atoms with Crippen LogP contribution in [0.15, 0.2) is 12.4 Å². The quantitative estimate of drug-likeness (QED) is 0.649. The third-order valence-electron chi connectivity index (χ3n) is 1.31. The largest absolute Gasteiger partial charge is 0.324 e. The van der Waals surface area contributed by atoms with E-state index in [4.69, 9.17) is 11.6 Å². The average Bonchev–Trinajstić information content (AvgIpc) is 2.46. The monoisotopic (exact) mass is 168 g/mol. The summed E-state index contributed by atoms with van der Waals surface area (Å²) in [6.45, 7) is 0. The van der Waals surface area contributed by atoms with E-state index in [-0.39, 0.29) is 0 Å². The molecular formula is C6H5ClN4. The van der Waals surface area contributed by atoms with Crippen molar-refractivity contribution in [2.75, 3.05) is 0 Å². The van der Waals surface area contributed by atoms with Gasteiger partial charge in [-0.2, -0.15) is 0 Å². The number of H-pyrrole nitrogens is 1. The molecule has 0 aliphatic rings. The van der Waals surface area contributed by atoms with Gasteiger partial charge in [0, 0.05) is 12.4 Å². The third kappa shape index (κ3) is 1.05. The molecule has 0 bridgehead atoms. The Morgan fingerprint density at radius 3 is 2.91 bits per heavy atom. The summed E-state index contributed by atoms with van der Waals surface area (Å²) in [4.78, 5) is 15.0. The number of imidazole rings is 1. The summed E-state index contributed by atoms with van der Waals surface area (Å²) in [6.07, 6.45) is 3.21. The van der Waals surface area contributed by atoms with Gasteiger partial charge in [0.05, 0.1) is 5.88 Å². The normalized spacial score (nSPS) is 10.6. The van der Waals surface area contributed by atoms with E-state index in [1.165, 1.54) is 0 Å². The highest BCUT2D eigenvalue weighted by molar-refractivity contribution is 6.16. The highest BCUT2D eigenvalue weighted by atomic mass is 35.5. The SMILES string of the molecule is ClCc1nc2nccnc2[nH]1. The third-order valence-corrected chi connectivity index (χ3v) is 1.56. The zero-order valence-corrected chi connectivity index (χ0v) is 6.34. The average molecular weight is 169 g/mol. The van der Waals surface area contributed by atoms with Crippen LogP contribution in [-0.4, -0.2) is 19.9 Å². The Morgan fingerprint density at radius 1 is 1.36 bits per heavy atom. The van der Waals surface area contributed by atoms with Gasteiger partial charge >= 0.3 is 0 Å². The molecule has 0 aromatic carbocycles. The first-order chi connectivity index (χ1) is 5.40. The van der Waals surface area contributed by atoms with E-state index in [9.17, 15) is 0 Å². The van der Waals surface area contributed by atoms with Crippen molar-refractivity contribution >= 4 is 22.9 Å². The second kappa shape index (κ2) is 2.47. The Labute approximate surface area is 67.6 Å². The van der Waals surface area contributed by atoms with Gasteiger partial charge in [-0.25, -0.2) is 15.0 Å². The van der Waals surface area contributed by atoms with Gasteiger partial charge in [0.2, 0.25) is 0 Å². The summed E-state index contributed by atoms with van der Waals surface area (Å²) in [5.41, 5.74) is 1.30. The molecule has 2 aromatic heterocycles. The molecule has 5 heteroatoms. The number of nitrogens with zero attached hydrogens (tertiary/aromatic N) is 3. The second-order valence-electron chi connectivity index (χ2n) is 2.05. The van der Waals surface area contributed by atoms with E-state index in [1.807, 2.05) is 0 Å². The summed E-state index contributed by atoms with van der Waals surface area (Å²) in [7, 11) is 0. The van der Waals surface area contributed by atoms with Crippen LogP contribution in [0.25, 0.3) is 11.3 Å². The highest BCUT2D eigenvalue weighted by Crippen LogP contribution is 2.05. The molecule has 0 radical (unpaired) electrons. The number of alkyl halides is 1. The fraction of sp³-hybridized carbons (Fsp3) is 0.167. The van der Waals surface area contributed by atoms with Crippen LogP contribution in [0.3, 0.4) is 0 Å². The minimum atomic E-state index is 0.359. The highest BCUT2D eigenvalue weighted by Gasteiger charge is 2.00. The van der Waals surface area contributed by atoms with E-state index in [1.54, 1.807) is 12.4 Å². The van der Waals surface area contributed by atoms with Crippen LogP contribution < -0.4 is 0 Å². The Balaban J connectivity index is 2.69. The molecule has 0 atom stereocenters. The Hall–Kier alpha value is -1.16. The molecule has 4 nitrogen and oxygen atoms in total. The standard InChI is InChI=1S/C6H5ClN4/c7-3-4-10-5-6(11-4)9-2-1-8-5/h1-2H,3H2,(H,8,9,10,11). The molecule has 0 spiro atoms. The number of nitrogens with one attached hydrogen (secondary N) is 1. The van der Waals surface area contributed by atoms with Gasteiger partial charge < -0.3 is 4.98 Å². The van der Waals surface area contributed by atoms with Crippen LogP contribution in [0.4, 0.5) is 0 Å². The van der Waals surface area contributed by atoms with Gasteiger partial charge in [0.15, 0.2) is 11.3 Å². The van der Waals surface area contributed by atoms with Crippen molar-refractivity contribution in [1.29, 1.82) is 0 Å². The first-order valence-corrected chi connectivity index (χ1v) is 3.65. The molecule has 0 saturated heterocycles. The van der Waals surface area contributed by atoms with E-state index < -0.39 is 0 Å². The first-order valence-electron chi connectivity index (χ1n) is 3.11. The lowest BCUT2D eigenvalue weighted by atomic mass is 10.7. The van der Waals surface area contributed by atoms with Gasteiger partial charge in [-0.3, -0.25) is 0 Å². The van der Waals surface area contributed by atoms with Crippen LogP contribution in [0, 0.1) is 0 Å². The molecular weight excluding hydrogens is 164 g/mol. The summed E-state index contributed by atoms with van der Waals surface area (Å²) in [5, 5.41) is 0. The van der Waals surface area contributed by atoms with Crippen LogP contribution in [0.1, 0.15) is 5.82 Å². The van der Waals surface area contributed by atoms with Gasteiger partial charge in [0.25, 0.3) is 0 Å². The zero-order valence-electron chi connectivity index (χ0n) is 5.58. The fourth-order valence-electron chi connectivity index (χ4n) is 0.856. The van der Waals surface area contributed by atoms with Crippen molar-refractivity contribution in [2.45, 2.75) is 5.88 Å². The summed E-state index contributed by atoms with van der Waals surface area (Å²) in [5.74, 6) is 1.06. The maximum absolute atomic E-state index is 5.55. The van der Waals surface area contributed by atoms with Gasteiger partial charge in [-0.05, 0) is 0 Å². The summed E-state index contributed by atoms with van der Waals surface area (Å²) >= 11 is 5.55. The van der Waals surface area contributed by atoms with Gasteiger partial charge in [-0.15, -0.1) is 11.6 Å². The predicted molar refractivity (Wildman–Crippen MR) is 41.2 cm³/mol. The molecule has 11 heavy (non-hydrogen) atoms. The minimum absolute atomic E-state index is 0.359. The molecule has 0 unspecified atom stereocenters. The molecule has 1 N–H and O–H groups in total. The molecule has 0 aliphatic heterocycles. The molecule has 0 amide bonds. The zero-order chi connectivity index (χ0) is 7.68. The number of rotatable bonds is 1. The van der Waals surface area contributed by atoms with Gasteiger partial charge in [0.1, 0.15) is 5.82 Å². The molecule has 0 aliphatic carbocycles. The predicted octanol–water partition coefficient (Wildman–Crippen LogP) is 1.09. The molecule has 2 heterocycles. The van der Waals surface area contributed by atoms with Crippen LogP contribution in [-0.2, 0) is 5.88 Å². The lowest BCUT2D eigenvalue weighted by Gasteiger charge is -1.80. The number of hydrogen-bond acceptors (Lipinski definition) is 3. The number of aromatic nitrogens is 4. The fourth-order valence-corrected chi connectivity index (χ4v) is 0.983. The van der Waals surface area contributed by atoms with Crippen molar-refractivity contribution in [3.05, 3.63) is 18.2 Å². The smallest absolute Gasteiger partial charge is 0.197 e. The molecule has 2 rings (SSSR count).